The molecule has 0 heterocycles. The van der Waals surface area contributed by atoms with E-state index in [1.54, 1.807) is 6.08 Å². The number of ether oxygens (including phenoxy) is 1. The van der Waals surface area contributed by atoms with Crippen molar-refractivity contribution in [1.29, 1.82) is 5.26 Å². The van der Waals surface area contributed by atoms with Gasteiger partial charge in [0.05, 0.1) is 18.4 Å². The van der Waals surface area contributed by atoms with Crippen molar-refractivity contribution in [3.05, 3.63) is 47.0 Å². The van der Waals surface area contributed by atoms with E-state index in [0.29, 0.717) is 22.7 Å². The lowest BCUT2D eigenvalue weighted by atomic mass is 10.0. The van der Waals surface area contributed by atoms with E-state index < -0.39 is 5.97 Å². The zero-order chi connectivity index (χ0) is 16.3. The molecule has 2 N–H and O–H groups in total. The van der Waals surface area contributed by atoms with Gasteiger partial charge in [0, 0.05) is 17.2 Å². The van der Waals surface area contributed by atoms with Crippen molar-refractivity contribution in [2.24, 2.45) is 0 Å². The van der Waals surface area contributed by atoms with E-state index in [2.05, 4.69) is 24.7 Å². The van der Waals surface area contributed by atoms with Crippen molar-refractivity contribution in [2.75, 3.05) is 12.8 Å². The molecule has 0 aromatic carbocycles. The van der Waals surface area contributed by atoms with Crippen LogP contribution < -0.4 is 5.73 Å². The normalized spacial score (nSPS) is 11.0. The Hall–Kier alpha value is -2.80. The summed E-state index contributed by atoms with van der Waals surface area (Å²) in [6.07, 6.45) is 2.92. The number of nitrogen functional groups attached to an aromatic ring is 1. The predicted molar refractivity (Wildman–Crippen MR) is 87.3 cm³/mol. The summed E-state index contributed by atoms with van der Waals surface area (Å²) in [5.41, 5.74) is 10.4. The van der Waals surface area contributed by atoms with Crippen LogP contribution in [0.25, 0.3) is 17.2 Å². The van der Waals surface area contributed by atoms with Gasteiger partial charge in [0.25, 0.3) is 0 Å². The molecule has 2 aliphatic carbocycles. The number of nitrogens with zero attached hydrogens (tertiary/aromatic N) is 1. The molecular weight excluding hydrogens is 276 g/mol. The summed E-state index contributed by atoms with van der Waals surface area (Å²) in [6, 6.07) is 10.00. The third-order valence-corrected chi connectivity index (χ3v) is 3.64. The van der Waals surface area contributed by atoms with Gasteiger partial charge in [-0.2, -0.15) is 5.26 Å². The zero-order valence-electron chi connectivity index (χ0n) is 12.9. The van der Waals surface area contributed by atoms with Gasteiger partial charge in [-0.3, -0.25) is 0 Å². The molecule has 0 saturated carbocycles. The van der Waals surface area contributed by atoms with Crippen LogP contribution in [0.5, 0.6) is 0 Å². The first kappa shape index (κ1) is 15.6. The molecule has 2 aliphatic rings. The molecule has 0 unspecified atom stereocenters. The third-order valence-electron chi connectivity index (χ3n) is 3.64. The lowest BCUT2D eigenvalue weighted by Crippen LogP contribution is -1.94. The van der Waals surface area contributed by atoms with Gasteiger partial charge >= 0.3 is 5.97 Å². The molecule has 4 nitrogen and oxygen atoms in total. The van der Waals surface area contributed by atoms with E-state index in [1.807, 2.05) is 24.3 Å². The fraction of sp³-hybridized carbons (Fsp3) is 0.222. The monoisotopic (exact) mass is 294 g/mol. The van der Waals surface area contributed by atoms with E-state index in [1.165, 1.54) is 13.2 Å². The van der Waals surface area contributed by atoms with Crippen LogP contribution in [0.1, 0.15) is 36.5 Å². The quantitative estimate of drug-likeness (QED) is 0.693. The van der Waals surface area contributed by atoms with Gasteiger partial charge < -0.3 is 10.5 Å². The Labute approximate surface area is 130 Å². The molecule has 4 heteroatoms. The number of carbonyl (C=O) groups excluding carboxylic acids is 1. The number of nitriles is 1. The maximum Gasteiger partial charge on any atom is 0.330 e. The lowest BCUT2D eigenvalue weighted by Gasteiger charge is -2.03. The number of hydrogen-bond acceptors (Lipinski definition) is 4. The second-order valence-corrected chi connectivity index (χ2v) is 5.32. The highest BCUT2D eigenvalue weighted by molar-refractivity contribution is 5.97. The Kier molecular flexibility index (Phi) is 4.47. The number of methoxy groups -OCH3 is 1. The van der Waals surface area contributed by atoms with E-state index >= 15 is 0 Å². The molecule has 0 atom stereocenters. The van der Waals surface area contributed by atoms with Crippen molar-refractivity contribution < 1.29 is 9.53 Å². The molecule has 0 bridgehead atoms. The van der Waals surface area contributed by atoms with Gasteiger partial charge in [-0.1, -0.05) is 38.1 Å². The van der Waals surface area contributed by atoms with Crippen LogP contribution in [0.15, 0.2) is 30.3 Å². The fourth-order valence-electron chi connectivity index (χ4n) is 2.38. The highest BCUT2D eigenvalue weighted by Crippen LogP contribution is 2.40. The number of hydrogen-bond donors (Lipinski definition) is 1. The third kappa shape index (κ3) is 2.79. The van der Waals surface area contributed by atoms with Crippen LogP contribution in [0.4, 0.5) is 5.69 Å². The largest absolute Gasteiger partial charge is 0.466 e. The summed E-state index contributed by atoms with van der Waals surface area (Å²) >= 11 is 0. The van der Waals surface area contributed by atoms with Crippen LogP contribution >= 0.6 is 0 Å². The van der Waals surface area contributed by atoms with Crippen molar-refractivity contribution in [1.82, 2.24) is 0 Å². The molecule has 0 fully saturated rings. The van der Waals surface area contributed by atoms with Gasteiger partial charge in [-0.05, 0) is 23.1 Å². The standard InChI is InChI=1S/C18H18N2O2/c1-11(2)12-5-4-6-13-15(9-12)14(7-8-17(21)22-3)18(20)16(13)10-19/h4-9,11H,20H2,1-3H3/b8-7+. The van der Waals surface area contributed by atoms with E-state index in [-0.39, 0.29) is 0 Å². The van der Waals surface area contributed by atoms with Gasteiger partial charge in [0.15, 0.2) is 0 Å². The first-order valence-corrected chi connectivity index (χ1v) is 7.00. The average molecular weight is 294 g/mol. The maximum absolute atomic E-state index is 11.3. The van der Waals surface area contributed by atoms with Gasteiger partial charge in [0.1, 0.15) is 6.07 Å². The van der Waals surface area contributed by atoms with Crippen LogP contribution in [0, 0.1) is 11.3 Å². The number of fused-ring (bicyclic) bond motifs is 1. The van der Waals surface area contributed by atoms with Crippen molar-refractivity contribution in [3.63, 3.8) is 0 Å². The smallest absolute Gasteiger partial charge is 0.330 e. The molecule has 112 valence electrons. The average Bonchev–Trinajstić information content (AvgIpc) is 2.65. The molecule has 0 aromatic rings. The fourth-order valence-corrected chi connectivity index (χ4v) is 2.38. The SMILES string of the molecule is COC(=O)/C=C/c1c2cc(C(C)C)cccc-2c(C#N)c1N. The van der Waals surface area contributed by atoms with E-state index in [0.717, 1.165) is 16.7 Å². The number of anilines is 1. The molecule has 0 radical (unpaired) electrons. The second-order valence-electron chi connectivity index (χ2n) is 5.32. The Bertz CT molecular complexity index is 755. The summed E-state index contributed by atoms with van der Waals surface area (Å²) in [5, 5.41) is 9.37. The van der Waals surface area contributed by atoms with Crippen LogP contribution in [0.2, 0.25) is 0 Å². The van der Waals surface area contributed by atoms with Gasteiger partial charge in [-0.25, -0.2) is 4.79 Å². The Morgan fingerprint density at radius 3 is 2.68 bits per heavy atom. The minimum atomic E-state index is -0.461. The van der Waals surface area contributed by atoms with Crippen molar-refractivity contribution in [2.45, 2.75) is 19.8 Å². The van der Waals surface area contributed by atoms with E-state index in [9.17, 15) is 10.1 Å². The van der Waals surface area contributed by atoms with Gasteiger partial charge in [0.2, 0.25) is 0 Å². The molecular formula is C18H18N2O2. The predicted octanol–water partition coefficient (Wildman–Crippen LogP) is 3.55. The number of nitrogens with two attached hydrogens (primary N) is 1. The molecule has 0 aliphatic heterocycles. The number of rotatable bonds is 3. The molecule has 0 aromatic heterocycles. The highest BCUT2D eigenvalue weighted by atomic mass is 16.5. The highest BCUT2D eigenvalue weighted by Gasteiger charge is 2.20. The first-order valence-electron chi connectivity index (χ1n) is 7.00. The molecule has 0 spiro atoms. The minimum Gasteiger partial charge on any atom is -0.466 e. The van der Waals surface area contributed by atoms with Crippen LogP contribution in [-0.4, -0.2) is 13.1 Å². The van der Waals surface area contributed by atoms with Crippen molar-refractivity contribution >= 4 is 17.7 Å². The Morgan fingerprint density at radius 1 is 1.36 bits per heavy atom. The molecule has 2 rings (SSSR count). The topological polar surface area (TPSA) is 76.1 Å². The Morgan fingerprint density at radius 2 is 2.09 bits per heavy atom. The lowest BCUT2D eigenvalue weighted by molar-refractivity contribution is -0.134. The number of esters is 1. The summed E-state index contributed by atoms with van der Waals surface area (Å²) in [7, 11) is 1.32. The van der Waals surface area contributed by atoms with Crippen molar-refractivity contribution in [3.8, 4) is 17.2 Å². The van der Waals surface area contributed by atoms with Gasteiger partial charge in [-0.15, -0.1) is 0 Å². The minimum absolute atomic E-state index is 0.342. The molecule has 22 heavy (non-hydrogen) atoms. The zero-order valence-corrected chi connectivity index (χ0v) is 12.9. The van der Waals surface area contributed by atoms with Crippen LogP contribution in [0.3, 0.4) is 0 Å². The summed E-state index contributed by atoms with van der Waals surface area (Å²) in [6.45, 7) is 4.20. The maximum atomic E-state index is 11.3. The summed E-state index contributed by atoms with van der Waals surface area (Å²) in [4.78, 5) is 11.3. The molecule has 0 saturated heterocycles. The first-order chi connectivity index (χ1) is 10.5. The molecule has 0 amide bonds. The Balaban J connectivity index is 2.72. The van der Waals surface area contributed by atoms with E-state index in [4.69, 9.17) is 5.73 Å². The number of carbonyl (C=O) groups is 1. The summed E-state index contributed by atoms with van der Waals surface area (Å²) in [5.74, 6) is -0.119. The second kappa shape index (κ2) is 6.31. The summed E-state index contributed by atoms with van der Waals surface area (Å²) < 4.78 is 4.61. The van der Waals surface area contributed by atoms with Crippen LogP contribution in [-0.2, 0) is 9.53 Å².